The van der Waals surface area contributed by atoms with Crippen molar-refractivity contribution in [2.24, 2.45) is 0 Å². The molecule has 0 aromatic heterocycles. The van der Waals surface area contributed by atoms with Gasteiger partial charge in [-0.15, -0.1) is 0 Å². The van der Waals surface area contributed by atoms with E-state index >= 15 is 0 Å². The lowest BCUT2D eigenvalue weighted by Gasteiger charge is -2.09. The lowest BCUT2D eigenvalue weighted by Crippen LogP contribution is -2.31. The summed E-state index contributed by atoms with van der Waals surface area (Å²) < 4.78 is 15.7. The fourth-order valence-electron chi connectivity index (χ4n) is 2.24. The number of carboxylic acid groups (broad SMARTS) is 1. The molecule has 1 amide bonds. The van der Waals surface area contributed by atoms with E-state index in [1.165, 1.54) is 6.07 Å². The Morgan fingerprint density at radius 3 is 2.52 bits per heavy atom. The van der Waals surface area contributed by atoms with Crippen molar-refractivity contribution in [2.45, 2.75) is 13.0 Å². The van der Waals surface area contributed by atoms with E-state index in [0.717, 1.165) is 5.56 Å². The SMILES string of the molecule is O=C(O)CCOCCNC(=O)COc1cccc(C(=O)OCc2ccccc2)c1. The van der Waals surface area contributed by atoms with Crippen LogP contribution in [0.4, 0.5) is 0 Å². The highest BCUT2D eigenvalue weighted by Crippen LogP contribution is 2.15. The van der Waals surface area contributed by atoms with Crippen LogP contribution < -0.4 is 10.1 Å². The number of ether oxygens (including phenoxy) is 3. The topological polar surface area (TPSA) is 111 Å². The van der Waals surface area contributed by atoms with Crippen molar-refractivity contribution in [1.82, 2.24) is 5.32 Å². The molecule has 0 atom stereocenters. The summed E-state index contributed by atoms with van der Waals surface area (Å²) in [5.41, 5.74) is 1.21. The number of carboxylic acids is 1. The number of amides is 1. The zero-order valence-corrected chi connectivity index (χ0v) is 15.8. The van der Waals surface area contributed by atoms with Crippen molar-refractivity contribution in [3.05, 3.63) is 65.7 Å². The van der Waals surface area contributed by atoms with E-state index in [-0.39, 0.29) is 45.3 Å². The van der Waals surface area contributed by atoms with E-state index in [1.807, 2.05) is 30.3 Å². The van der Waals surface area contributed by atoms with Crippen molar-refractivity contribution in [2.75, 3.05) is 26.4 Å². The molecule has 0 spiro atoms. The van der Waals surface area contributed by atoms with Crippen LogP contribution in [0.2, 0.25) is 0 Å². The molecule has 8 heteroatoms. The zero-order chi connectivity index (χ0) is 20.9. The minimum absolute atomic E-state index is 0.0822. The molecule has 0 aliphatic carbocycles. The van der Waals surface area contributed by atoms with Gasteiger partial charge in [-0.2, -0.15) is 0 Å². The Morgan fingerprint density at radius 1 is 0.966 bits per heavy atom. The van der Waals surface area contributed by atoms with Gasteiger partial charge in [0, 0.05) is 6.54 Å². The molecule has 29 heavy (non-hydrogen) atoms. The molecule has 8 nitrogen and oxygen atoms in total. The average Bonchev–Trinajstić information content (AvgIpc) is 2.73. The molecular weight excluding hydrogens is 378 g/mol. The molecule has 0 unspecified atom stereocenters. The fourth-order valence-corrected chi connectivity index (χ4v) is 2.24. The molecule has 0 bridgehead atoms. The summed E-state index contributed by atoms with van der Waals surface area (Å²) in [6.45, 7) is 0.490. The van der Waals surface area contributed by atoms with Gasteiger partial charge >= 0.3 is 11.9 Å². The van der Waals surface area contributed by atoms with Crippen molar-refractivity contribution in [3.8, 4) is 5.75 Å². The van der Waals surface area contributed by atoms with Gasteiger partial charge in [0.05, 0.1) is 25.2 Å². The molecule has 0 aliphatic rings. The van der Waals surface area contributed by atoms with Gasteiger partial charge in [-0.05, 0) is 23.8 Å². The maximum Gasteiger partial charge on any atom is 0.338 e. The normalized spacial score (nSPS) is 10.2. The van der Waals surface area contributed by atoms with Gasteiger partial charge in [-0.1, -0.05) is 36.4 Å². The fraction of sp³-hybridized carbons (Fsp3) is 0.286. The van der Waals surface area contributed by atoms with Gasteiger partial charge in [0.2, 0.25) is 0 Å². The number of carbonyl (C=O) groups excluding carboxylic acids is 2. The lowest BCUT2D eigenvalue weighted by molar-refractivity contribution is -0.138. The summed E-state index contributed by atoms with van der Waals surface area (Å²) >= 11 is 0. The Kier molecular flexibility index (Phi) is 9.17. The highest BCUT2D eigenvalue weighted by molar-refractivity contribution is 5.89. The highest BCUT2D eigenvalue weighted by atomic mass is 16.5. The molecule has 0 aliphatic heterocycles. The van der Waals surface area contributed by atoms with Gasteiger partial charge in [0.1, 0.15) is 12.4 Å². The minimum atomic E-state index is -0.936. The van der Waals surface area contributed by atoms with Crippen molar-refractivity contribution in [3.63, 3.8) is 0 Å². The quantitative estimate of drug-likeness (QED) is 0.413. The van der Waals surface area contributed by atoms with E-state index in [9.17, 15) is 14.4 Å². The number of hydrogen-bond acceptors (Lipinski definition) is 6. The van der Waals surface area contributed by atoms with Crippen LogP contribution in [0.3, 0.4) is 0 Å². The molecule has 0 saturated heterocycles. The van der Waals surface area contributed by atoms with E-state index in [0.29, 0.717) is 11.3 Å². The lowest BCUT2D eigenvalue weighted by atomic mass is 10.2. The van der Waals surface area contributed by atoms with Crippen LogP contribution in [0.15, 0.2) is 54.6 Å². The number of nitrogens with one attached hydrogen (secondary N) is 1. The summed E-state index contributed by atoms with van der Waals surface area (Å²) in [4.78, 5) is 34.3. The summed E-state index contributed by atoms with van der Waals surface area (Å²) in [7, 11) is 0. The Labute approximate surface area is 168 Å². The first-order chi connectivity index (χ1) is 14.0. The maximum absolute atomic E-state index is 12.2. The van der Waals surface area contributed by atoms with Crippen LogP contribution in [0.5, 0.6) is 5.75 Å². The summed E-state index contributed by atoms with van der Waals surface area (Å²) in [5, 5.41) is 11.1. The standard InChI is InChI=1S/C21H23NO7/c23-19(22-10-12-27-11-9-20(24)25)15-28-18-8-4-7-17(13-18)21(26)29-14-16-5-2-1-3-6-16/h1-8,13H,9-12,14-15H2,(H,22,23)(H,24,25). The van der Waals surface area contributed by atoms with Crippen molar-refractivity contribution in [1.29, 1.82) is 0 Å². The second-order valence-electron chi connectivity index (χ2n) is 5.98. The Hall–Kier alpha value is -3.39. The smallest absolute Gasteiger partial charge is 0.338 e. The van der Waals surface area contributed by atoms with Crippen molar-refractivity contribution >= 4 is 17.8 Å². The van der Waals surface area contributed by atoms with Crippen LogP contribution in [0.25, 0.3) is 0 Å². The van der Waals surface area contributed by atoms with Gasteiger partial charge in [-0.3, -0.25) is 9.59 Å². The highest BCUT2D eigenvalue weighted by Gasteiger charge is 2.10. The van der Waals surface area contributed by atoms with Crippen LogP contribution in [0.1, 0.15) is 22.3 Å². The molecule has 0 radical (unpaired) electrons. The average molecular weight is 401 g/mol. The van der Waals surface area contributed by atoms with Crippen LogP contribution in [0, 0.1) is 0 Å². The first-order valence-corrected chi connectivity index (χ1v) is 9.05. The summed E-state index contributed by atoms with van der Waals surface area (Å²) in [6, 6.07) is 15.7. The number of aliphatic carboxylic acids is 1. The van der Waals surface area contributed by atoms with Gasteiger partial charge in [-0.25, -0.2) is 4.79 Å². The van der Waals surface area contributed by atoms with Gasteiger partial charge in [0.25, 0.3) is 5.91 Å². The molecule has 0 heterocycles. The minimum Gasteiger partial charge on any atom is -0.484 e. The second kappa shape index (κ2) is 12.1. The summed E-state index contributed by atoms with van der Waals surface area (Å²) in [6.07, 6.45) is -0.0822. The van der Waals surface area contributed by atoms with Gasteiger partial charge < -0.3 is 24.6 Å². The number of carbonyl (C=O) groups is 3. The molecule has 2 aromatic carbocycles. The van der Waals surface area contributed by atoms with Crippen LogP contribution in [-0.4, -0.2) is 49.3 Å². The molecule has 2 aromatic rings. The first-order valence-electron chi connectivity index (χ1n) is 9.05. The monoisotopic (exact) mass is 401 g/mol. The third-order valence-electron chi connectivity index (χ3n) is 3.68. The second-order valence-corrected chi connectivity index (χ2v) is 5.98. The molecule has 0 saturated carbocycles. The molecule has 0 fully saturated rings. The molecule has 154 valence electrons. The van der Waals surface area contributed by atoms with Crippen LogP contribution in [-0.2, 0) is 25.7 Å². The largest absolute Gasteiger partial charge is 0.484 e. The van der Waals surface area contributed by atoms with Crippen LogP contribution >= 0.6 is 0 Å². The van der Waals surface area contributed by atoms with Gasteiger partial charge in [0.15, 0.2) is 6.61 Å². The Bertz CT molecular complexity index is 808. The molecule has 2 rings (SSSR count). The Balaban J connectivity index is 1.70. The van der Waals surface area contributed by atoms with Crippen molar-refractivity contribution < 1.29 is 33.7 Å². The van der Waals surface area contributed by atoms with E-state index in [4.69, 9.17) is 19.3 Å². The van der Waals surface area contributed by atoms with E-state index < -0.39 is 11.9 Å². The van der Waals surface area contributed by atoms with E-state index in [1.54, 1.807) is 18.2 Å². The third-order valence-corrected chi connectivity index (χ3v) is 3.68. The predicted octanol–water partition coefficient (Wildman–Crippen LogP) is 2.03. The number of benzene rings is 2. The number of hydrogen-bond donors (Lipinski definition) is 2. The number of rotatable bonds is 12. The maximum atomic E-state index is 12.2. The van der Waals surface area contributed by atoms with E-state index in [2.05, 4.69) is 5.32 Å². The summed E-state index contributed by atoms with van der Waals surface area (Å²) in [5.74, 6) is -1.41. The predicted molar refractivity (Wildman–Crippen MR) is 104 cm³/mol. The Morgan fingerprint density at radius 2 is 1.76 bits per heavy atom. The zero-order valence-electron chi connectivity index (χ0n) is 15.8. The number of esters is 1. The molecule has 2 N–H and O–H groups in total. The first kappa shape index (κ1) is 21.9. The third kappa shape index (κ3) is 8.89. The molecular formula is C21H23NO7.